The molecular formula is C12H17N5O4. The number of aliphatic carboxylic acids is 1. The van der Waals surface area contributed by atoms with E-state index in [4.69, 9.17) is 5.11 Å². The summed E-state index contributed by atoms with van der Waals surface area (Å²) < 4.78 is 1.83. The molecule has 1 aliphatic rings. The summed E-state index contributed by atoms with van der Waals surface area (Å²) in [6.45, 7) is -0.0275. The van der Waals surface area contributed by atoms with Crippen LogP contribution in [0.5, 0.6) is 0 Å². The van der Waals surface area contributed by atoms with Gasteiger partial charge >= 0.3 is 12.0 Å². The Kier molecular flexibility index (Phi) is 4.41. The van der Waals surface area contributed by atoms with Gasteiger partial charge in [0.25, 0.3) is 0 Å². The fraction of sp³-hybridized carbons (Fsp3) is 0.500. The first-order chi connectivity index (χ1) is 9.99. The Morgan fingerprint density at radius 2 is 2.33 bits per heavy atom. The van der Waals surface area contributed by atoms with Gasteiger partial charge in [0.05, 0.1) is 0 Å². The number of rotatable bonds is 4. The molecular weight excluding hydrogens is 278 g/mol. The molecule has 0 saturated carbocycles. The minimum atomic E-state index is -1.14. The molecule has 9 heteroatoms. The second kappa shape index (κ2) is 6.25. The highest BCUT2D eigenvalue weighted by atomic mass is 16.4. The van der Waals surface area contributed by atoms with E-state index in [0.717, 1.165) is 10.7 Å². The van der Waals surface area contributed by atoms with E-state index >= 15 is 0 Å². The molecule has 2 rings (SSSR count). The summed E-state index contributed by atoms with van der Waals surface area (Å²) in [5.41, 5.74) is 0. The third-order valence-electron chi connectivity index (χ3n) is 3.27. The number of amides is 3. The lowest BCUT2D eigenvalue weighted by Crippen LogP contribution is -2.61. The molecule has 0 aliphatic carbocycles. The number of hydrogen-bond acceptors (Lipinski definition) is 4. The van der Waals surface area contributed by atoms with Crippen LogP contribution in [0.4, 0.5) is 4.79 Å². The summed E-state index contributed by atoms with van der Waals surface area (Å²) in [7, 11) is 1.85. The van der Waals surface area contributed by atoms with E-state index < -0.39 is 18.0 Å². The van der Waals surface area contributed by atoms with Gasteiger partial charge in [0.2, 0.25) is 5.91 Å². The van der Waals surface area contributed by atoms with Gasteiger partial charge in [-0.25, -0.2) is 14.6 Å². The highest BCUT2D eigenvalue weighted by Crippen LogP contribution is 2.05. The van der Waals surface area contributed by atoms with Crippen molar-refractivity contribution >= 4 is 17.9 Å². The zero-order valence-corrected chi connectivity index (χ0v) is 11.6. The van der Waals surface area contributed by atoms with Crippen LogP contribution in [0, 0.1) is 0 Å². The molecule has 1 fully saturated rings. The number of carbonyl (C=O) groups excluding carboxylic acids is 2. The molecule has 3 amide bonds. The van der Waals surface area contributed by atoms with Gasteiger partial charge in [-0.05, 0) is 0 Å². The molecule has 2 heterocycles. The monoisotopic (exact) mass is 295 g/mol. The standard InChI is InChI=1S/C12H17N5O4/c1-16-5-4-13-9(16)2-3-14-12(21)17-7-10(18)15-6-8(17)11(19)20/h4-5,8H,2-3,6-7H2,1H3,(H,14,21)(H,15,18)(H,19,20). The molecule has 9 nitrogen and oxygen atoms in total. The molecule has 0 spiro atoms. The van der Waals surface area contributed by atoms with Gasteiger partial charge in [-0.15, -0.1) is 0 Å². The van der Waals surface area contributed by atoms with Crippen molar-refractivity contribution in [3.8, 4) is 0 Å². The Balaban J connectivity index is 1.90. The fourth-order valence-electron chi connectivity index (χ4n) is 2.10. The molecule has 114 valence electrons. The van der Waals surface area contributed by atoms with Crippen LogP contribution in [0.1, 0.15) is 5.82 Å². The smallest absolute Gasteiger partial charge is 0.328 e. The number of imidazole rings is 1. The predicted octanol–water partition coefficient (Wildman–Crippen LogP) is -1.44. The van der Waals surface area contributed by atoms with E-state index in [9.17, 15) is 14.4 Å². The zero-order chi connectivity index (χ0) is 15.4. The molecule has 1 unspecified atom stereocenters. The van der Waals surface area contributed by atoms with Crippen molar-refractivity contribution in [3.63, 3.8) is 0 Å². The van der Waals surface area contributed by atoms with Gasteiger partial charge in [-0.2, -0.15) is 0 Å². The summed E-state index contributed by atoms with van der Waals surface area (Å²) >= 11 is 0. The fourth-order valence-corrected chi connectivity index (χ4v) is 2.10. The molecule has 3 N–H and O–H groups in total. The SMILES string of the molecule is Cn1ccnc1CCNC(=O)N1CC(=O)NCC1C(=O)O. The van der Waals surface area contributed by atoms with Crippen molar-refractivity contribution in [2.24, 2.45) is 7.05 Å². The molecule has 1 aromatic rings. The minimum absolute atomic E-state index is 0.0824. The summed E-state index contributed by atoms with van der Waals surface area (Å²) in [5.74, 6) is -0.706. The van der Waals surface area contributed by atoms with Gasteiger partial charge in [0.15, 0.2) is 0 Å². The number of carboxylic acid groups (broad SMARTS) is 1. The Hall–Kier alpha value is -2.58. The Labute approximate surface area is 120 Å². The molecule has 1 aliphatic heterocycles. The first-order valence-corrected chi connectivity index (χ1v) is 6.49. The lowest BCUT2D eigenvalue weighted by molar-refractivity contribution is -0.144. The number of piperazine rings is 1. The maximum Gasteiger partial charge on any atom is 0.328 e. The molecule has 0 bridgehead atoms. The number of carboxylic acids is 1. The first kappa shape index (κ1) is 14.8. The van der Waals surface area contributed by atoms with Crippen LogP contribution in [-0.4, -0.2) is 63.1 Å². The third-order valence-corrected chi connectivity index (χ3v) is 3.27. The summed E-state index contributed by atoms with van der Waals surface area (Å²) in [6, 6.07) is -1.61. The van der Waals surface area contributed by atoms with Crippen molar-refractivity contribution in [2.75, 3.05) is 19.6 Å². The predicted molar refractivity (Wildman–Crippen MR) is 71.5 cm³/mol. The van der Waals surface area contributed by atoms with Gasteiger partial charge < -0.3 is 20.3 Å². The van der Waals surface area contributed by atoms with Gasteiger partial charge in [-0.3, -0.25) is 9.69 Å². The summed E-state index contributed by atoms with van der Waals surface area (Å²) in [6.07, 6.45) is 3.98. The van der Waals surface area contributed by atoms with E-state index in [0.29, 0.717) is 13.0 Å². The van der Waals surface area contributed by atoms with Gasteiger partial charge in [0.1, 0.15) is 18.4 Å². The van der Waals surface area contributed by atoms with Crippen LogP contribution in [0.3, 0.4) is 0 Å². The Morgan fingerprint density at radius 3 is 2.95 bits per heavy atom. The van der Waals surface area contributed by atoms with Crippen molar-refractivity contribution in [1.29, 1.82) is 0 Å². The van der Waals surface area contributed by atoms with E-state index in [1.165, 1.54) is 0 Å². The van der Waals surface area contributed by atoms with Crippen LogP contribution in [0.15, 0.2) is 12.4 Å². The average Bonchev–Trinajstić information content (AvgIpc) is 2.84. The summed E-state index contributed by atoms with van der Waals surface area (Å²) in [5, 5.41) is 14.1. The van der Waals surface area contributed by atoms with E-state index in [1.54, 1.807) is 12.4 Å². The topological polar surface area (TPSA) is 117 Å². The normalized spacial score (nSPS) is 18.2. The average molecular weight is 295 g/mol. The molecule has 1 atom stereocenters. The van der Waals surface area contributed by atoms with E-state index in [-0.39, 0.29) is 19.0 Å². The highest BCUT2D eigenvalue weighted by Gasteiger charge is 2.35. The van der Waals surface area contributed by atoms with Crippen molar-refractivity contribution in [1.82, 2.24) is 25.1 Å². The highest BCUT2D eigenvalue weighted by molar-refractivity contribution is 5.90. The third kappa shape index (κ3) is 3.50. The zero-order valence-electron chi connectivity index (χ0n) is 11.6. The number of aryl methyl sites for hydroxylation is 1. The number of urea groups is 1. The number of nitrogens with one attached hydrogen (secondary N) is 2. The second-order valence-electron chi connectivity index (χ2n) is 4.72. The van der Waals surface area contributed by atoms with Crippen LogP contribution < -0.4 is 10.6 Å². The molecule has 1 aromatic heterocycles. The quantitative estimate of drug-likeness (QED) is 0.629. The molecule has 0 aromatic carbocycles. The van der Waals surface area contributed by atoms with Crippen LogP contribution in [0.2, 0.25) is 0 Å². The molecule has 0 radical (unpaired) electrons. The first-order valence-electron chi connectivity index (χ1n) is 6.49. The van der Waals surface area contributed by atoms with Gasteiger partial charge in [-0.1, -0.05) is 0 Å². The van der Waals surface area contributed by atoms with E-state index in [1.807, 2.05) is 11.6 Å². The minimum Gasteiger partial charge on any atom is -0.480 e. The van der Waals surface area contributed by atoms with Crippen molar-refractivity contribution < 1.29 is 19.5 Å². The summed E-state index contributed by atoms with van der Waals surface area (Å²) in [4.78, 5) is 39.6. The van der Waals surface area contributed by atoms with Crippen LogP contribution in [0.25, 0.3) is 0 Å². The van der Waals surface area contributed by atoms with E-state index in [2.05, 4.69) is 15.6 Å². The van der Waals surface area contributed by atoms with Gasteiger partial charge in [0, 0.05) is 39.0 Å². The van der Waals surface area contributed by atoms with Crippen molar-refractivity contribution in [3.05, 3.63) is 18.2 Å². The number of aromatic nitrogens is 2. The second-order valence-corrected chi connectivity index (χ2v) is 4.72. The number of hydrogen-bond donors (Lipinski definition) is 3. The van der Waals surface area contributed by atoms with Crippen LogP contribution in [-0.2, 0) is 23.1 Å². The Bertz CT molecular complexity index is 556. The molecule has 21 heavy (non-hydrogen) atoms. The van der Waals surface area contributed by atoms with Crippen LogP contribution >= 0.6 is 0 Å². The largest absolute Gasteiger partial charge is 0.480 e. The lowest BCUT2D eigenvalue weighted by atomic mass is 10.2. The molecule has 1 saturated heterocycles. The lowest BCUT2D eigenvalue weighted by Gasteiger charge is -2.32. The van der Waals surface area contributed by atoms with Crippen molar-refractivity contribution in [2.45, 2.75) is 12.5 Å². The number of carbonyl (C=O) groups is 3. The number of nitrogens with zero attached hydrogens (tertiary/aromatic N) is 3. The maximum absolute atomic E-state index is 12.0. The maximum atomic E-state index is 12.0. The Morgan fingerprint density at radius 1 is 1.57 bits per heavy atom.